The number of aromatic nitrogens is 1. The van der Waals surface area contributed by atoms with Gasteiger partial charge in [0.2, 0.25) is 5.56 Å². The fraction of sp³-hybridized carbons (Fsp3) is 0.158. The van der Waals surface area contributed by atoms with Gasteiger partial charge in [0.1, 0.15) is 6.61 Å². The first-order valence-electron chi connectivity index (χ1n) is 7.40. The Balaban J connectivity index is 1.89. The van der Waals surface area contributed by atoms with Crippen molar-refractivity contribution >= 4 is 16.9 Å². The van der Waals surface area contributed by atoms with Crippen molar-refractivity contribution in [3.8, 4) is 0 Å². The van der Waals surface area contributed by atoms with E-state index >= 15 is 0 Å². The predicted octanol–water partition coefficient (Wildman–Crippen LogP) is 3.50. The molecule has 4 heteroatoms. The van der Waals surface area contributed by atoms with Crippen LogP contribution in [0.1, 0.15) is 27.0 Å². The van der Waals surface area contributed by atoms with E-state index in [-0.39, 0.29) is 17.7 Å². The summed E-state index contributed by atoms with van der Waals surface area (Å²) in [6.07, 6.45) is 0. The van der Waals surface area contributed by atoms with E-state index in [4.69, 9.17) is 4.74 Å². The van der Waals surface area contributed by atoms with E-state index in [1.807, 2.05) is 44.2 Å². The van der Waals surface area contributed by atoms with Crippen molar-refractivity contribution in [2.75, 3.05) is 0 Å². The molecule has 0 fully saturated rings. The standard InChI is InChI=1S/C19H17NO3/c1-12-7-8-13(2)14(9-12)11-23-19(22)16-10-18(21)20-17-6-4-3-5-15(16)17/h3-10H,11H2,1-2H3,(H,20,21). The second-order valence-electron chi connectivity index (χ2n) is 5.60. The molecule has 0 bridgehead atoms. The topological polar surface area (TPSA) is 59.2 Å². The number of aryl methyl sites for hydroxylation is 2. The van der Waals surface area contributed by atoms with Crippen molar-refractivity contribution in [2.24, 2.45) is 0 Å². The largest absolute Gasteiger partial charge is 0.457 e. The molecule has 1 N–H and O–H groups in total. The van der Waals surface area contributed by atoms with Crippen LogP contribution in [0.5, 0.6) is 0 Å². The molecule has 0 saturated heterocycles. The van der Waals surface area contributed by atoms with Crippen LogP contribution < -0.4 is 5.56 Å². The summed E-state index contributed by atoms with van der Waals surface area (Å²) in [5.74, 6) is -0.492. The minimum absolute atomic E-state index is 0.188. The van der Waals surface area contributed by atoms with Gasteiger partial charge in [-0.3, -0.25) is 4.79 Å². The molecule has 0 saturated carbocycles. The number of pyridine rings is 1. The van der Waals surface area contributed by atoms with E-state index < -0.39 is 5.97 Å². The number of benzene rings is 2. The van der Waals surface area contributed by atoms with Crippen LogP contribution >= 0.6 is 0 Å². The van der Waals surface area contributed by atoms with Crippen LogP contribution in [0.15, 0.2) is 53.3 Å². The van der Waals surface area contributed by atoms with E-state index in [9.17, 15) is 9.59 Å². The van der Waals surface area contributed by atoms with Crippen LogP contribution in [0.2, 0.25) is 0 Å². The average molecular weight is 307 g/mol. The van der Waals surface area contributed by atoms with Crippen LogP contribution in [0.3, 0.4) is 0 Å². The number of fused-ring (bicyclic) bond motifs is 1. The molecule has 0 atom stereocenters. The number of esters is 1. The highest BCUT2D eigenvalue weighted by Gasteiger charge is 2.13. The number of para-hydroxylation sites is 1. The smallest absolute Gasteiger partial charge is 0.339 e. The first-order chi connectivity index (χ1) is 11.0. The second-order valence-corrected chi connectivity index (χ2v) is 5.60. The van der Waals surface area contributed by atoms with Gasteiger partial charge in [-0.2, -0.15) is 0 Å². The van der Waals surface area contributed by atoms with Gasteiger partial charge in [0, 0.05) is 17.0 Å². The van der Waals surface area contributed by atoms with Crippen LogP contribution in [-0.2, 0) is 11.3 Å². The van der Waals surface area contributed by atoms with Gasteiger partial charge in [-0.15, -0.1) is 0 Å². The lowest BCUT2D eigenvalue weighted by Gasteiger charge is -2.10. The van der Waals surface area contributed by atoms with Gasteiger partial charge in [0.15, 0.2) is 0 Å². The quantitative estimate of drug-likeness (QED) is 0.753. The highest BCUT2D eigenvalue weighted by molar-refractivity contribution is 6.03. The highest BCUT2D eigenvalue weighted by Crippen LogP contribution is 2.17. The molecule has 3 aromatic rings. The molecule has 0 spiro atoms. The molecular weight excluding hydrogens is 290 g/mol. The number of carbonyl (C=O) groups is 1. The Morgan fingerprint density at radius 3 is 2.70 bits per heavy atom. The molecule has 0 unspecified atom stereocenters. The van der Waals surface area contributed by atoms with Crippen LogP contribution in [0.4, 0.5) is 0 Å². The van der Waals surface area contributed by atoms with Crippen LogP contribution in [0, 0.1) is 13.8 Å². The fourth-order valence-electron chi connectivity index (χ4n) is 2.55. The maximum atomic E-state index is 12.4. The van der Waals surface area contributed by atoms with Crippen molar-refractivity contribution in [3.05, 3.63) is 81.1 Å². The van der Waals surface area contributed by atoms with E-state index in [0.29, 0.717) is 10.9 Å². The molecule has 0 aliphatic carbocycles. The zero-order valence-electron chi connectivity index (χ0n) is 13.1. The van der Waals surface area contributed by atoms with Crippen molar-refractivity contribution < 1.29 is 9.53 Å². The molecule has 4 nitrogen and oxygen atoms in total. The maximum Gasteiger partial charge on any atom is 0.339 e. The van der Waals surface area contributed by atoms with Crippen molar-refractivity contribution in [1.82, 2.24) is 4.98 Å². The van der Waals surface area contributed by atoms with Gasteiger partial charge in [0.25, 0.3) is 0 Å². The van der Waals surface area contributed by atoms with Gasteiger partial charge in [0.05, 0.1) is 5.56 Å². The number of carbonyl (C=O) groups excluding carboxylic acids is 1. The van der Waals surface area contributed by atoms with E-state index in [1.54, 1.807) is 12.1 Å². The zero-order chi connectivity index (χ0) is 16.4. The molecule has 116 valence electrons. The van der Waals surface area contributed by atoms with Gasteiger partial charge in [-0.25, -0.2) is 4.79 Å². The summed E-state index contributed by atoms with van der Waals surface area (Å²) in [4.78, 5) is 26.8. The Labute approximate surface area is 133 Å². The Morgan fingerprint density at radius 2 is 1.87 bits per heavy atom. The molecule has 0 amide bonds. The number of H-pyrrole nitrogens is 1. The minimum atomic E-state index is -0.492. The lowest BCUT2D eigenvalue weighted by atomic mass is 10.1. The normalized spacial score (nSPS) is 10.7. The Morgan fingerprint density at radius 1 is 1.09 bits per heavy atom. The zero-order valence-corrected chi connectivity index (χ0v) is 13.1. The number of aromatic amines is 1. The molecular formula is C19H17NO3. The minimum Gasteiger partial charge on any atom is -0.457 e. The van der Waals surface area contributed by atoms with Gasteiger partial charge in [-0.05, 0) is 31.0 Å². The van der Waals surface area contributed by atoms with E-state index in [1.165, 1.54) is 6.07 Å². The van der Waals surface area contributed by atoms with Crippen molar-refractivity contribution in [2.45, 2.75) is 20.5 Å². The number of hydrogen-bond acceptors (Lipinski definition) is 3. The number of rotatable bonds is 3. The molecule has 1 aromatic heterocycles. The Kier molecular flexibility index (Phi) is 3.98. The van der Waals surface area contributed by atoms with Crippen molar-refractivity contribution in [3.63, 3.8) is 0 Å². The Hall–Kier alpha value is -2.88. The summed E-state index contributed by atoms with van der Waals surface area (Å²) in [6, 6.07) is 14.5. The summed E-state index contributed by atoms with van der Waals surface area (Å²) in [5, 5.41) is 0.679. The molecule has 2 aromatic carbocycles. The monoisotopic (exact) mass is 307 g/mol. The third kappa shape index (κ3) is 3.16. The second kappa shape index (κ2) is 6.08. The lowest BCUT2D eigenvalue weighted by molar-refractivity contribution is 0.0474. The maximum absolute atomic E-state index is 12.4. The molecule has 23 heavy (non-hydrogen) atoms. The van der Waals surface area contributed by atoms with Crippen LogP contribution in [-0.4, -0.2) is 11.0 Å². The molecule has 1 heterocycles. The highest BCUT2D eigenvalue weighted by atomic mass is 16.5. The van der Waals surface area contributed by atoms with E-state index in [0.717, 1.165) is 16.7 Å². The summed E-state index contributed by atoms with van der Waals surface area (Å²) in [6.45, 7) is 4.16. The third-order valence-corrected chi connectivity index (χ3v) is 3.83. The fourth-order valence-corrected chi connectivity index (χ4v) is 2.55. The van der Waals surface area contributed by atoms with Gasteiger partial charge < -0.3 is 9.72 Å². The van der Waals surface area contributed by atoms with Gasteiger partial charge in [-0.1, -0.05) is 42.0 Å². The summed E-state index contributed by atoms with van der Waals surface area (Å²) in [5.41, 5.74) is 3.74. The van der Waals surface area contributed by atoms with Crippen LogP contribution in [0.25, 0.3) is 10.9 Å². The first-order valence-corrected chi connectivity index (χ1v) is 7.40. The third-order valence-electron chi connectivity index (χ3n) is 3.83. The van der Waals surface area contributed by atoms with Crippen molar-refractivity contribution in [1.29, 1.82) is 0 Å². The summed E-state index contributed by atoms with van der Waals surface area (Å²) < 4.78 is 5.42. The molecule has 0 radical (unpaired) electrons. The van der Waals surface area contributed by atoms with Gasteiger partial charge >= 0.3 is 5.97 Å². The number of hydrogen-bond donors (Lipinski definition) is 1. The summed E-state index contributed by atoms with van der Waals surface area (Å²) in [7, 11) is 0. The average Bonchev–Trinajstić information content (AvgIpc) is 2.54. The predicted molar refractivity (Wildman–Crippen MR) is 89.6 cm³/mol. The number of ether oxygens (including phenoxy) is 1. The Bertz CT molecular complexity index is 941. The lowest BCUT2D eigenvalue weighted by Crippen LogP contribution is -2.13. The molecule has 0 aliphatic heterocycles. The molecule has 0 aliphatic rings. The first kappa shape index (κ1) is 15.0. The van der Waals surface area contributed by atoms with E-state index in [2.05, 4.69) is 4.98 Å². The SMILES string of the molecule is Cc1ccc(C)c(COC(=O)c2cc(=O)[nH]c3ccccc23)c1. The summed E-state index contributed by atoms with van der Waals surface area (Å²) >= 11 is 0. The number of nitrogens with one attached hydrogen (secondary N) is 1. The molecule has 3 rings (SSSR count).